The second-order valence-corrected chi connectivity index (χ2v) is 3.75. The van der Waals surface area contributed by atoms with Gasteiger partial charge in [-0.1, -0.05) is 6.07 Å². The Bertz CT molecular complexity index is 350. The van der Waals surface area contributed by atoms with Crippen LogP contribution in [0.1, 0.15) is 15.9 Å². The maximum Gasteiger partial charge on any atom is 0.337 e. The molecule has 0 unspecified atom stereocenters. The summed E-state index contributed by atoms with van der Waals surface area (Å²) in [7, 11) is 1.73. The van der Waals surface area contributed by atoms with E-state index in [0.29, 0.717) is 11.3 Å². The standard InChI is InChI=1S/C9H10INO2/c1-5-3-4-6(9(12)13)8(11-2)7(5)10/h3-4,11H,1-2H3,(H,12,13). The van der Waals surface area contributed by atoms with Crippen molar-refractivity contribution in [1.82, 2.24) is 0 Å². The first kappa shape index (κ1) is 10.3. The number of hydrogen-bond donors (Lipinski definition) is 2. The number of anilines is 1. The van der Waals surface area contributed by atoms with Crippen LogP contribution >= 0.6 is 22.6 Å². The van der Waals surface area contributed by atoms with Gasteiger partial charge in [-0.2, -0.15) is 0 Å². The van der Waals surface area contributed by atoms with Gasteiger partial charge >= 0.3 is 5.97 Å². The minimum Gasteiger partial charge on any atom is -0.478 e. The molecule has 4 heteroatoms. The highest BCUT2D eigenvalue weighted by Crippen LogP contribution is 2.25. The highest BCUT2D eigenvalue weighted by molar-refractivity contribution is 14.1. The Morgan fingerprint density at radius 3 is 2.62 bits per heavy atom. The average Bonchev–Trinajstić information content (AvgIpc) is 2.09. The molecule has 1 aromatic carbocycles. The fourth-order valence-corrected chi connectivity index (χ4v) is 1.84. The highest BCUT2D eigenvalue weighted by atomic mass is 127. The van der Waals surface area contributed by atoms with Crippen LogP contribution in [0.3, 0.4) is 0 Å². The first-order chi connectivity index (χ1) is 6.07. The Balaban J connectivity index is 3.38. The van der Waals surface area contributed by atoms with E-state index in [1.54, 1.807) is 13.1 Å². The SMILES string of the molecule is CNc1c(C(=O)O)ccc(C)c1I. The second kappa shape index (κ2) is 3.95. The van der Waals surface area contributed by atoms with Gasteiger partial charge in [-0.15, -0.1) is 0 Å². The Hall–Kier alpha value is -0.780. The topological polar surface area (TPSA) is 49.3 Å². The van der Waals surface area contributed by atoms with E-state index in [0.717, 1.165) is 9.13 Å². The number of benzene rings is 1. The predicted molar refractivity (Wildman–Crippen MR) is 60.4 cm³/mol. The van der Waals surface area contributed by atoms with Crippen molar-refractivity contribution in [2.75, 3.05) is 12.4 Å². The summed E-state index contributed by atoms with van der Waals surface area (Å²) in [5.74, 6) is -0.901. The first-order valence-electron chi connectivity index (χ1n) is 3.78. The van der Waals surface area contributed by atoms with E-state index in [9.17, 15) is 4.79 Å². The number of rotatable bonds is 2. The highest BCUT2D eigenvalue weighted by Gasteiger charge is 2.12. The summed E-state index contributed by atoms with van der Waals surface area (Å²) in [5, 5.41) is 11.8. The van der Waals surface area contributed by atoms with Gasteiger partial charge in [0.05, 0.1) is 11.3 Å². The summed E-state index contributed by atoms with van der Waals surface area (Å²) in [5.41, 5.74) is 2.08. The van der Waals surface area contributed by atoms with Crippen LogP contribution in [-0.4, -0.2) is 18.1 Å². The molecule has 0 bridgehead atoms. The van der Waals surface area contributed by atoms with Gasteiger partial charge in [-0.05, 0) is 41.1 Å². The number of carboxylic acids is 1. The molecule has 1 rings (SSSR count). The smallest absolute Gasteiger partial charge is 0.337 e. The summed E-state index contributed by atoms with van der Waals surface area (Å²) < 4.78 is 0.958. The number of halogens is 1. The molecular formula is C9H10INO2. The zero-order chi connectivity index (χ0) is 10.0. The number of carboxylic acid groups (broad SMARTS) is 1. The van der Waals surface area contributed by atoms with E-state index in [4.69, 9.17) is 5.11 Å². The normalized spacial score (nSPS) is 9.77. The van der Waals surface area contributed by atoms with Gasteiger partial charge in [0.1, 0.15) is 0 Å². The lowest BCUT2D eigenvalue weighted by atomic mass is 10.1. The third-order valence-corrected chi connectivity index (χ3v) is 3.21. The van der Waals surface area contributed by atoms with Crippen LogP contribution in [0.4, 0.5) is 5.69 Å². The largest absolute Gasteiger partial charge is 0.478 e. The molecule has 0 amide bonds. The lowest BCUT2D eigenvalue weighted by Gasteiger charge is -2.09. The van der Waals surface area contributed by atoms with Gasteiger partial charge in [-0.25, -0.2) is 4.79 Å². The molecule has 0 spiro atoms. The molecule has 0 aliphatic carbocycles. The van der Waals surface area contributed by atoms with Crippen LogP contribution in [0.15, 0.2) is 12.1 Å². The monoisotopic (exact) mass is 291 g/mol. The molecule has 0 saturated carbocycles. The molecule has 70 valence electrons. The summed E-state index contributed by atoms with van der Waals surface area (Å²) in [6.07, 6.45) is 0. The summed E-state index contributed by atoms with van der Waals surface area (Å²) in [4.78, 5) is 10.8. The summed E-state index contributed by atoms with van der Waals surface area (Å²) >= 11 is 2.14. The molecule has 0 aliphatic rings. The lowest BCUT2D eigenvalue weighted by Crippen LogP contribution is -2.05. The average molecular weight is 291 g/mol. The van der Waals surface area contributed by atoms with E-state index in [-0.39, 0.29) is 0 Å². The minimum atomic E-state index is -0.901. The fraction of sp³-hybridized carbons (Fsp3) is 0.222. The molecule has 0 fully saturated rings. The van der Waals surface area contributed by atoms with Crippen molar-refractivity contribution in [1.29, 1.82) is 0 Å². The van der Waals surface area contributed by atoms with Crippen molar-refractivity contribution in [3.8, 4) is 0 Å². The van der Waals surface area contributed by atoms with Gasteiger partial charge in [0.25, 0.3) is 0 Å². The van der Waals surface area contributed by atoms with Gasteiger partial charge in [0, 0.05) is 10.6 Å². The van der Waals surface area contributed by atoms with Crippen molar-refractivity contribution in [2.24, 2.45) is 0 Å². The van der Waals surface area contributed by atoms with Crippen molar-refractivity contribution in [3.05, 3.63) is 26.8 Å². The van der Waals surface area contributed by atoms with Crippen LogP contribution in [0.25, 0.3) is 0 Å². The first-order valence-corrected chi connectivity index (χ1v) is 4.86. The van der Waals surface area contributed by atoms with Crippen molar-refractivity contribution < 1.29 is 9.90 Å². The third-order valence-electron chi connectivity index (χ3n) is 1.82. The van der Waals surface area contributed by atoms with Gasteiger partial charge in [0.2, 0.25) is 0 Å². The van der Waals surface area contributed by atoms with E-state index in [2.05, 4.69) is 27.9 Å². The van der Waals surface area contributed by atoms with Crippen molar-refractivity contribution in [2.45, 2.75) is 6.92 Å². The minimum absolute atomic E-state index is 0.317. The summed E-state index contributed by atoms with van der Waals surface area (Å²) in [6, 6.07) is 3.43. The van der Waals surface area contributed by atoms with Crippen LogP contribution in [0.2, 0.25) is 0 Å². The van der Waals surface area contributed by atoms with Gasteiger partial charge in [-0.3, -0.25) is 0 Å². The van der Waals surface area contributed by atoms with Gasteiger partial charge in [0.15, 0.2) is 0 Å². The third kappa shape index (κ3) is 1.93. The molecule has 3 nitrogen and oxygen atoms in total. The van der Waals surface area contributed by atoms with Crippen LogP contribution in [0.5, 0.6) is 0 Å². The number of carbonyl (C=O) groups is 1. The molecule has 0 radical (unpaired) electrons. The second-order valence-electron chi connectivity index (χ2n) is 2.67. The molecule has 0 heterocycles. The lowest BCUT2D eigenvalue weighted by molar-refractivity contribution is 0.0698. The molecule has 0 aromatic heterocycles. The number of aryl methyl sites for hydroxylation is 1. The summed E-state index contributed by atoms with van der Waals surface area (Å²) in [6.45, 7) is 1.95. The van der Waals surface area contributed by atoms with Gasteiger partial charge < -0.3 is 10.4 Å². The molecular weight excluding hydrogens is 281 g/mol. The van der Waals surface area contributed by atoms with Crippen LogP contribution in [-0.2, 0) is 0 Å². The quantitative estimate of drug-likeness (QED) is 0.822. The van der Waals surface area contributed by atoms with E-state index in [1.165, 1.54) is 0 Å². The molecule has 1 aromatic rings. The van der Waals surface area contributed by atoms with Crippen LogP contribution < -0.4 is 5.32 Å². The Morgan fingerprint density at radius 1 is 1.54 bits per heavy atom. The van der Waals surface area contributed by atoms with Crippen molar-refractivity contribution >= 4 is 34.2 Å². The van der Waals surface area contributed by atoms with Crippen molar-refractivity contribution in [3.63, 3.8) is 0 Å². The zero-order valence-corrected chi connectivity index (χ0v) is 9.55. The van der Waals surface area contributed by atoms with Crippen LogP contribution in [0, 0.1) is 10.5 Å². The fourth-order valence-electron chi connectivity index (χ4n) is 1.10. The molecule has 0 aliphatic heterocycles. The Labute approximate surface area is 90.3 Å². The van der Waals surface area contributed by atoms with E-state index >= 15 is 0 Å². The maximum absolute atomic E-state index is 10.8. The Kier molecular flexibility index (Phi) is 3.13. The van der Waals surface area contributed by atoms with E-state index < -0.39 is 5.97 Å². The van der Waals surface area contributed by atoms with E-state index in [1.807, 2.05) is 13.0 Å². The zero-order valence-electron chi connectivity index (χ0n) is 7.39. The number of nitrogens with one attached hydrogen (secondary N) is 1. The number of aromatic carboxylic acids is 1. The predicted octanol–water partition coefficient (Wildman–Crippen LogP) is 2.34. The molecule has 0 saturated heterocycles. The molecule has 13 heavy (non-hydrogen) atoms. The maximum atomic E-state index is 10.8. The molecule has 2 N–H and O–H groups in total. The Morgan fingerprint density at radius 2 is 2.15 bits per heavy atom. The number of hydrogen-bond acceptors (Lipinski definition) is 2. The molecule has 0 atom stereocenters.